The van der Waals surface area contributed by atoms with Gasteiger partial charge in [0, 0.05) is 39.4 Å². The molecule has 0 atom stereocenters. The summed E-state index contributed by atoms with van der Waals surface area (Å²) in [5.74, 6) is 0.887. The molecule has 5 heteroatoms. The van der Waals surface area contributed by atoms with Gasteiger partial charge in [-0.05, 0) is 40.0 Å². The third-order valence-corrected chi connectivity index (χ3v) is 3.97. The molecule has 0 unspecified atom stereocenters. The summed E-state index contributed by atoms with van der Waals surface area (Å²) in [7, 11) is 1.69. The van der Waals surface area contributed by atoms with Gasteiger partial charge in [-0.15, -0.1) is 0 Å². The van der Waals surface area contributed by atoms with Gasteiger partial charge in [0.15, 0.2) is 0 Å². The van der Waals surface area contributed by atoms with Crippen LogP contribution in [0.2, 0.25) is 0 Å². The maximum absolute atomic E-state index is 5.23. The average molecular weight is 328 g/mol. The quantitative estimate of drug-likeness (QED) is 0.775. The van der Waals surface area contributed by atoms with Crippen molar-refractivity contribution in [3.8, 4) is 5.75 Å². The molecule has 2 N–H and O–H groups in total. The Morgan fingerprint density at radius 2 is 2.16 bits per heavy atom. The van der Waals surface area contributed by atoms with Crippen LogP contribution < -0.4 is 15.4 Å². The Labute approximate surface area is 123 Å². The number of piperazine rings is 1. The zero-order valence-corrected chi connectivity index (χ0v) is 13.0. The van der Waals surface area contributed by atoms with Gasteiger partial charge in [0.05, 0.1) is 11.6 Å². The Kier molecular flexibility index (Phi) is 6.10. The zero-order valence-electron chi connectivity index (χ0n) is 11.4. The number of nitrogens with one attached hydrogen (secondary N) is 2. The van der Waals surface area contributed by atoms with Gasteiger partial charge in [0.25, 0.3) is 0 Å². The second kappa shape index (κ2) is 7.85. The average Bonchev–Trinajstić information content (AvgIpc) is 2.45. The zero-order chi connectivity index (χ0) is 13.5. The molecule has 0 amide bonds. The smallest absolute Gasteiger partial charge is 0.133 e. The van der Waals surface area contributed by atoms with Crippen LogP contribution >= 0.6 is 15.9 Å². The molecule has 1 aromatic rings. The topological polar surface area (TPSA) is 36.5 Å². The summed E-state index contributed by atoms with van der Waals surface area (Å²) in [6, 6.07) is 6.26. The summed E-state index contributed by atoms with van der Waals surface area (Å²) in [6.45, 7) is 6.48. The number of methoxy groups -OCH3 is 1. The lowest BCUT2D eigenvalue weighted by molar-refractivity contribution is 0.224. The van der Waals surface area contributed by atoms with E-state index in [4.69, 9.17) is 4.74 Å². The number of benzene rings is 1. The molecular weight excluding hydrogens is 306 g/mol. The van der Waals surface area contributed by atoms with E-state index in [1.807, 2.05) is 6.07 Å². The molecule has 0 spiro atoms. The monoisotopic (exact) mass is 327 g/mol. The van der Waals surface area contributed by atoms with E-state index in [9.17, 15) is 0 Å². The van der Waals surface area contributed by atoms with Crippen LogP contribution in [0.25, 0.3) is 0 Å². The molecule has 0 aliphatic carbocycles. The first-order valence-electron chi connectivity index (χ1n) is 6.76. The molecule has 1 heterocycles. The van der Waals surface area contributed by atoms with Crippen LogP contribution in [-0.2, 0) is 6.42 Å². The molecule has 0 aromatic heterocycles. The number of ether oxygens (including phenoxy) is 1. The number of rotatable bonds is 6. The Bertz CT molecular complexity index is 394. The highest BCUT2D eigenvalue weighted by Gasteiger charge is 2.08. The fraction of sp³-hybridized carbons (Fsp3) is 0.571. The van der Waals surface area contributed by atoms with Crippen LogP contribution in [0.5, 0.6) is 5.75 Å². The maximum Gasteiger partial charge on any atom is 0.133 e. The molecule has 1 fully saturated rings. The molecule has 0 saturated carbocycles. The molecule has 2 rings (SSSR count). The van der Waals surface area contributed by atoms with Crippen molar-refractivity contribution in [2.45, 2.75) is 6.42 Å². The van der Waals surface area contributed by atoms with Gasteiger partial charge < -0.3 is 15.4 Å². The van der Waals surface area contributed by atoms with Gasteiger partial charge in [0.2, 0.25) is 0 Å². The minimum absolute atomic E-state index is 0.887. The molecule has 1 aromatic carbocycles. The molecule has 1 aliphatic rings. The summed E-state index contributed by atoms with van der Waals surface area (Å²) < 4.78 is 6.25. The van der Waals surface area contributed by atoms with Crippen molar-refractivity contribution in [1.29, 1.82) is 0 Å². The largest absolute Gasteiger partial charge is 0.496 e. The number of halogens is 1. The van der Waals surface area contributed by atoms with Crippen LogP contribution in [0.3, 0.4) is 0 Å². The second-order valence-electron chi connectivity index (χ2n) is 4.75. The van der Waals surface area contributed by atoms with Crippen LogP contribution in [0.15, 0.2) is 22.7 Å². The maximum atomic E-state index is 5.23. The summed E-state index contributed by atoms with van der Waals surface area (Å²) in [6.07, 6.45) is 1.04. The molecule has 1 aliphatic heterocycles. The van der Waals surface area contributed by atoms with Crippen molar-refractivity contribution in [2.75, 3.05) is 46.5 Å². The molecule has 1 saturated heterocycles. The fourth-order valence-electron chi connectivity index (χ4n) is 2.20. The van der Waals surface area contributed by atoms with Crippen molar-refractivity contribution in [3.63, 3.8) is 0 Å². The van der Waals surface area contributed by atoms with Gasteiger partial charge in [-0.25, -0.2) is 0 Å². The first kappa shape index (κ1) is 14.8. The molecule has 0 radical (unpaired) electrons. The van der Waals surface area contributed by atoms with Crippen LogP contribution in [-0.4, -0.2) is 51.4 Å². The highest BCUT2D eigenvalue weighted by Crippen LogP contribution is 2.25. The van der Waals surface area contributed by atoms with Crippen LogP contribution in [0, 0.1) is 0 Å². The minimum atomic E-state index is 0.887. The predicted octanol–water partition coefficient (Wildman–Crippen LogP) is 1.45. The van der Waals surface area contributed by atoms with Gasteiger partial charge in [-0.3, -0.25) is 4.90 Å². The Morgan fingerprint density at radius 1 is 1.37 bits per heavy atom. The van der Waals surface area contributed by atoms with E-state index < -0.39 is 0 Å². The summed E-state index contributed by atoms with van der Waals surface area (Å²) in [4.78, 5) is 2.44. The first-order valence-corrected chi connectivity index (χ1v) is 7.55. The summed E-state index contributed by atoms with van der Waals surface area (Å²) in [5, 5.41) is 6.86. The number of hydrogen-bond acceptors (Lipinski definition) is 4. The normalized spacial score (nSPS) is 16.5. The summed E-state index contributed by atoms with van der Waals surface area (Å²) >= 11 is 3.52. The molecule has 19 heavy (non-hydrogen) atoms. The predicted molar refractivity (Wildman–Crippen MR) is 81.7 cm³/mol. The Hall–Kier alpha value is -0.620. The Balaban J connectivity index is 1.69. The lowest BCUT2D eigenvalue weighted by Crippen LogP contribution is -2.47. The molecule has 4 nitrogen and oxygen atoms in total. The van der Waals surface area contributed by atoms with Crippen molar-refractivity contribution < 1.29 is 4.74 Å². The van der Waals surface area contributed by atoms with Gasteiger partial charge >= 0.3 is 0 Å². The van der Waals surface area contributed by atoms with E-state index in [0.717, 1.165) is 56.0 Å². The SMILES string of the molecule is COc1ccc(CCNCN2CCNCC2)cc1Br. The summed E-state index contributed by atoms with van der Waals surface area (Å²) in [5.41, 5.74) is 1.32. The van der Waals surface area contributed by atoms with Crippen molar-refractivity contribution in [2.24, 2.45) is 0 Å². The van der Waals surface area contributed by atoms with E-state index in [-0.39, 0.29) is 0 Å². The molecule has 106 valence electrons. The lowest BCUT2D eigenvalue weighted by atomic mass is 10.1. The van der Waals surface area contributed by atoms with Crippen LogP contribution in [0.1, 0.15) is 5.56 Å². The standard InChI is InChI=1S/C14H22BrN3O/c1-19-14-3-2-12(10-13(14)15)4-5-17-11-18-8-6-16-7-9-18/h2-3,10,16-17H,4-9,11H2,1H3. The number of nitrogens with zero attached hydrogens (tertiary/aromatic N) is 1. The van der Waals surface area contributed by atoms with E-state index in [1.54, 1.807) is 7.11 Å². The fourth-order valence-corrected chi connectivity index (χ4v) is 2.79. The van der Waals surface area contributed by atoms with E-state index >= 15 is 0 Å². The number of hydrogen-bond donors (Lipinski definition) is 2. The molecule has 0 bridgehead atoms. The van der Waals surface area contributed by atoms with Gasteiger partial charge in [-0.1, -0.05) is 6.07 Å². The van der Waals surface area contributed by atoms with Crippen molar-refractivity contribution in [3.05, 3.63) is 28.2 Å². The van der Waals surface area contributed by atoms with Gasteiger partial charge in [0.1, 0.15) is 5.75 Å². The lowest BCUT2D eigenvalue weighted by Gasteiger charge is -2.27. The van der Waals surface area contributed by atoms with Gasteiger partial charge in [-0.2, -0.15) is 0 Å². The van der Waals surface area contributed by atoms with Crippen molar-refractivity contribution in [1.82, 2.24) is 15.5 Å². The molecular formula is C14H22BrN3O. The van der Waals surface area contributed by atoms with Crippen molar-refractivity contribution >= 4 is 15.9 Å². The highest BCUT2D eigenvalue weighted by molar-refractivity contribution is 9.10. The van der Waals surface area contributed by atoms with E-state index in [2.05, 4.69) is 43.6 Å². The van der Waals surface area contributed by atoms with E-state index in [0.29, 0.717) is 0 Å². The third kappa shape index (κ3) is 4.76. The van der Waals surface area contributed by atoms with Crippen LogP contribution in [0.4, 0.5) is 0 Å². The minimum Gasteiger partial charge on any atom is -0.496 e. The second-order valence-corrected chi connectivity index (χ2v) is 5.60. The highest BCUT2D eigenvalue weighted by atomic mass is 79.9. The van der Waals surface area contributed by atoms with E-state index in [1.165, 1.54) is 5.56 Å². The Morgan fingerprint density at radius 3 is 2.84 bits per heavy atom. The first-order chi connectivity index (χ1) is 9.29. The third-order valence-electron chi connectivity index (χ3n) is 3.35.